The van der Waals surface area contributed by atoms with Gasteiger partial charge in [0.2, 0.25) is 6.79 Å². The van der Waals surface area contributed by atoms with Gasteiger partial charge in [-0.1, -0.05) is 0 Å². The maximum absolute atomic E-state index is 10.7. The Balaban J connectivity index is 1.45. The molecule has 9 nitrogen and oxygen atoms in total. The molecule has 1 aliphatic rings. The van der Waals surface area contributed by atoms with E-state index in [0.29, 0.717) is 23.1 Å². The number of hydrogen-bond donors (Lipinski definition) is 3. The summed E-state index contributed by atoms with van der Waals surface area (Å²) in [4.78, 5) is 18.3. The van der Waals surface area contributed by atoms with E-state index in [1.165, 1.54) is 6.20 Å². The second-order valence-electron chi connectivity index (χ2n) is 4.95. The SMILES string of the molecule is O=C(O)c1cnc(NCC(O)COc2ccc3c(c2)OCO3)cn1. The number of ether oxygens (including phenoxy) is 3. The Labute approximate surface area is 136 Å². The second kappa shape index (κ2) is 7.01. The molecule has 1 unspecified atom stereocenters. The number of aliphatic hydroxyl groups is 1. The number of fused-ring (bicyclic) bond motifs is 1. The average molecular weight is 333 g/mol. The summed E-state index contributed by atoms with van der Waals surface area (Å²) in [6, 6.07) is 5.16. The van der Waals surface area contributed by atoms with E-state index in [-0.39, 0.29) is 25.6 Å². The molecule has 9 heteroatoms. The Hall–Kier alpha value is -3.07. The molecular formula is C15H15N3O6. The monoisotopic (exact) mass is 333 g/mol. The molecule has 1 aromatic heterocycles. The summed E-state index contributed by atoms with van der Waals surface area (Å²) in [5.74, 6) is 1.04. The molecule has 0 amide bonds. The molecular weight excluding hydrogens is 318 g/mol. The Bertz CT molecular complexity index is 722. The quantitative estimate of drug-likeness (QED) is 0.673. The Morgan fingerprint density at radius 3 is 2.88 bits per heavy atom. The molecule has 3 N–H and O–H groups in total. The normalized spacial score (nSPS) is 13.4. The fourth-order valence-corrected chi connectivity index (χ4v) is 1.97. The van der Waals surface area contributed by atoms with Crippen molar-refractivity contribution in [1.82, 2.24) is 9.97 Å². The van der Waals surface area contributed by atoms with Gasteiger partial charge in [-0.15, -0.1) is 0 Å². The number of nitrogens with zero attached hydrogens (tertiary/aromatic N) is 2. The number of nitrogens with one attached hydrogen (secondary N) is 1. The highest BCUT2D eigenvalue weighted by atomic mass is 16.7. The fourth-order valence-electron chi connectivity index (χ4n) is 1.97. The molecule has 0 bridgehead atoms. The third-order valence-electron chi connectivity index (χ3n) is 3.18. The molecule has 0 fully saturated rings. The van der Waals surface area contributed by atoms with E-state index >= 15 is 0 Å². The van der Waals surface area contributed by atoms with Crippen molar-refractivity contribution >= 4 is 11.8 Å². The van der Waals surface area contributed by atoms with Crippen LogP contribution in [0.25, 0.3) is 0 Å². The molecule has 0 radical (unpaired) electrons. The molecule has 2 aromatic rings. The van der Waals surface area contributed by atoms with Crippen LogP contribution in [0.5, 0.6) is 17.2 Å². The zero-order valence-corrected chi connectivity index (χ0v) is 12.5. The van der Waals surface area contributed by atoms with Gasteiger partial charge in [0.25, 0.3) is 0 Å². The number of anilines is 1. The minimum absolute atomic E-state index is 0.0628. The third kappa shape index (κ3) is 3.82. The molecule has 2 heterocycles. The van der Waals surface area contributed by atoms with Crippen LogP contribution in [0, 0.1) is 0 Å². The van der Waals surface area contributed by atoms with Crippen molar-refractivity contribution in [3.63, 3.8) is 0 Å². The van der Waals surface area contributed by atoms with Crippen molar-refractivity contribution in [1.29, 1.82) is 0 Å². The molecule has 0 saturated carbocycles. The lowest BCUT2D eigenvalue weighted by Crippen LogP contribution is -2.26. The number of aliphatic hydroxyl groups excluding tert-OH is 1. The average Bonchev–Trinajstić information content (AvgIpc) is 3.06. The zero-order chi connectivity index (χ0) is 16.9. The van der Waals surface area contributed by atoms with Crippen LogP contribution in [0.15, 0.2) is 30.6 Å². The van der Waals surface area contributed by atoms with Crippen LogP contribution in [0.3, 0.4) is 0 Å². The van der Waals surface area contributed by atoms with Gasteiger partial charge in [-0.2, -0.15) is 0 Å². The van der Waals surface area contributed by atoms with E-state index in [1.54, 1.807) is 18.2 Å². The van der Waals surface area contributed by atoms with Crippen molar-refractivity contribution < 1.29 is 29.2 Å². The lowest BCUT2D eigenvalue weighted by atomic mass is 10.3. The first-order valence-corrected chi connectivity index (χ1v) is 7.11. The van der Waals surface area contributed by atoms with Gasteiger partial charge >= 0.3 is 5.97 Å². The number of carboxylic acids is 1. The van der Waals surface area contributed by atoms with Gasteiger partial charge in [0.15, 0.2) is 17.2 Å². The smallest absolute Gasteiger partial charge is 0.356 e. The van der Waals surface area contributed by atoms with Crippen molar-refractivity contribution in [2.24, 2.45) is 0 Å². The van der Waals surface area contributed by atoms with Crippen LogP contribution in [-0.4, -0.2) is 52.2 Å². The number of rotatable bonds is 7. The van der Waals surface area contributed by atoms with Crippen molar-refractivity contribution in [3.8, 4) is 17.2 Å². The van der Waals surface area contributed by atoms with E-state index < -0.39 is 12.1 Å². The van der Waals surface area contributed by atoms with Gasteiger partial charge in [-0.05, 0) is 12.1 Å². The summed E-state index contributed by atoms with van der Waals surface area (Å²) in [6.07, 6.45) is 1.63. The first-order valence-electron chi connectivity index (χ1n) is 7.11. The summed E-state index contributed by atoms with van der Waals surface area (Å²) in [5.41, 5.74) is -0.146. The summed E-state index contributed by atoms with van der Waals surface area (Å²) in [6.45, 7) is 0.423. The fraction of sp³-hybridized carbons (Fsp3) is 0.267. The predicted octanol–water partition coefficient (Wildman–Crippen LogP) is 0.755. The standard InChI is InChI=1S/C15H15N3O6/c19-9(4-17-14-6-16-11(5-18-14)15(20)21)7-22-10-1-2-12-13(3-10)24-8-23-12/h1-3,5-6,9,19H,4,7-8H2,(H,17,18)(H,20,21). The summed E-state index contributed by atoms with van der Waals surface area (Å²) in [5, 5.41) is 21.5. The largest absolute Gasteiger partial charge is 0.491 e. The summed E-state index contributed by atoms with van der Waals surface area (Å²) < 4.78 is 15.9. The van der Waals surface area contributed by atoms with Crippen LogP contribution < -0.4 is 19.5 Å². The van der Waals surface area contributed by atoms with E-state index in [0.717, 1.165) is 6.20 Å². The predicted molar refractivity (Wildman–Crippen MR) is 81.5 cm³/mol. The molecule has 1 aromatic carbocycles. The van der Waals surface area contributed by atoms with Crippen molar-refractivity contribution in [2.45, 2.75) is 6.10 Å². The number of hydrogen-bond acceptors (Lipinski definition) is 8. The first kappa shape index (κ1) is 15.8. The Kier molecular flexibility index (Phi) is 4.62. The number of benzene rings is 1. The molecule has 126 valence electrons. The van der Waals surface area contributed by atoms with E-state index in [1.807, 2.05) is 0 Å². The highest BCUT2D eigenvalue weighted by Crippen LogP contribution is 2.35. The zero-order valence-electron chi connectivity index (χ0n) is 12.5. The maximum atomic E-state index is 10.7. The van der Waals surface area contributed by atoms with E-state index in [4.69, 9.17) is 19.3 Å². The van der Waals surface area contributed by atoms with Crippen LogP contribution in [0.4, 0.5) is 5.82 Å². The minimum Gasteiger partial charge on any atom is -0.491 e. The number of aromatic nitrogens is 2. The first-order chi connectivity index (χ1) is 11.6. The van der Waals surface area contributed by atoms with Gasteiger partial charge in [0.1, 0.15) is 24.3 Å². The molecule has 0 saturated heterocycles. The van der Waals surface area contributed by atoms with Gasteiger partial charge in [0.05, 0.1) is 12.4 Å². The lowest BCUT2D eigenvalue weighted by molar-refractivity contribution is 0.0690. The molecule has 0 aliphatic carbocycles. The maximum Gasteiger partial charge on any atom is 0.356 e. The number of aromatic carboxylic acids is 1. The van der Waals surface area contributed by atoms with E-state index in [2.05, 4.69) is 15.3 Å². The Morgan fingerprint density at radius 1 is 1.29 bits per heavy atom. The Morgan fingerprint density at radius 2 is 2.12 bits per heavy atom. The van der Waals surface area contributed by atoms with Crippen LogP contribution >= 0.6 is 0 Å². The third-order valence-corrected chi connectivity index (χ3v) is 3.18. The van der Waals surface area contributed by atoms with Crippen molar-refractivity contribution in [3.05, 3.63) is 36.3 Å². The van der Waals surface area contributed by atoms with Crippen molar-refractivity contribution in [2.75, 3.05) is 25.3 Å². The van der Waals surface area contributed by atoms with Crippen LogP contribution in [-0.2, 0) is 0 Å². The summed E-state index contributed by atoms with van der Waals surface area (Å²) >= 11 is 0. The number of carbonyl (C=O) groups is 1. The van der Waals surface area contributed by atoms with Crippen LogP contribution in [0.1, 0.15) is 10.5 Å². The molecule has 24 heavy (non-hydrogen) atoms. The number of carboxylic acid groups (broad SMARTS) is 1. The molecule has 0 spiro atoms. The highest BCUT2D eigenvalue weighted by molar-refractivity contribution is 5.84. The van der Waals surface area contributed by atoms with Gasteiger partial charge in [-0.3, -0.25) is 0 Å². The van der Waals surface area contributed by atoms with Gasteiger partial charge < -0.3 is 29.7 Å². The molecule has 1 atom stereocenters. The highest BCUT2D eigenvalue weighted by Gasteiger charge is 2.14. The lowest BCUT2D eigenvalue weighted by Gasteiger charge is -2.13. The van der Waals surface area contributed by atoms with E-state index in [9.17, 15) is 9.90 Å². The molecule has 3 rings (SSSR count). The topological polar surface area (TPSA) is 123 Å². The van der Waals surface area contributed by atoms with Gasteiger partial charge in [-0.25, -0.2) is 14.8 Å². The summed E-state index contributed by atoms with van der Waals surface area (Å²) in [7, 11) is 0. The van der Waals surface area contributed by atoms with Gasteiger partial charge in [0, 0.05) is 12.6 Å². The molecule has 1 aliphatic heterocycles. The minimum atomic E-state index is -1.15. The second-order valence-corrected chi connectivity index (χ2v) is 4.95. The van der Waals surface area contributed by atoms with Crippen LogP contribution in [0.2, 0.25) is 0 Å².